The molecule has 0 unspecified atom stereocenters. The van der Waals surface area contributed by atoms with Crippen LogP contribution in [0.1, 0.15) is 47.0 Å². The molecule has 1 N–H and O–H groups in total. The lowest BCUT2D eigenvalue weighted by Gasteiger charge is -2.41. The molecule has 1 nitrogen and oxygen atoms in total. The van der Waals surface area contributed by atoms with Gasteiger partial charge in [0.25, 0.3) is 0 Å². The first-order valence-electron chi connectivity index (χ1n) is 7.20. The van der Waals surface area contributed by atoms with E-state index in [-0.39, 0.29) is 0 Å². The second kappa shape index (κ2) is 3.17. The molecule has 0 amide bonds. The summed E-state index contributed by atoms with van der Waals surface area (Å²) in [5.74, 6) is 2.68. The van der Waals surface area contributed by atoms with Gasteiger partial charge in [-0.3, -0.25) is 0 Å². The third-order valence-electron chi connectivity index (χ3n) is 6.58. The van der Waals surface area contributed by atoms with Crippen LogP contribution in [0.3, 0.4) is 0 Å². The van der Waals surface area contributed by atoms with Gasteiger partial charge >= 0.3 is 0 Å². The third-order valence-corrected chi connectivity index (χ3v) is 6.58. The van der Waals surface area contributed by atoms with Crippen molar-refractivity contribution in [3.8, 4) is 0 Å². The monoisotopic (exact) mass is 234 g/mol. The van der Waals surface area contributed by atoms with Crippen molar-refractivity contribution in [3.63, 3.8) is 0 Å². The topological polar surface area (TPSA) is 20.2 Å². The zero-order chi connectivity index (χ0) is 12.6. The van der Waals surface area contributed by atoms with E-state index in [1.54, 1.807) is 0 Å². The van der Waals surface area contributed by atoms with Gasteiger partial charge in [-0.1, -0.05) is 39.8 Å². The second-order valence-corrected chi connectivity index (χ2v) is 7.61. The van der Waals surface area contributed by atoms with Crippen LogP contribution in [0.4, 0.5) is 0 Å². The lowest BCUT2D eigenvalue weighted by atomic mass is 9.68. The average molecular weight is 234 g/mol. The van der Waals surface area contributed by atoms with Crippen molar-refractivity contribution >= 4 is 0 Å². The Kier molecular flexibility index (Phi) is 2.20. The maximum atomic E-state index is 11.4. The maximum Gasteiger partial charge on any atom is 0.0779 e. The van der Waals surface area contributed by atoms with Crippen molar-refractivity contribution < 1.29 is 5.11 Å². The van der Waals surface area contributed by atoms with Gasteiger partial charge in [-0.15, -0.1) is 0 Å². The van der Waals surface area contributed by atoms with Gasteiger partial charge in [0.05, 0.1) is 5.60 Å². The predicted octanol–water partition coefficient (Wildman–Crippen LogP) is 3.63. The van der Waals surface area contributed by atoms with E-state index in [9.17, 15) is 5.11 Å². The minimum absolute atomic E-state index is 0.294. The van der Waals surface area contributed by atoms with E-state index in [4.69, 9.17) is 0 Å². The molecule has 0 bridgehead atoms. The van der Waals surface area contributed by atoms with Crippen molar-refractivity contribution in [2.24, 2.45) is 35.0 Å². The molecule has 0 aromatic carbocycles. The smallest absolute Gasteiger partial charge is 0.0779 e. The summed E-state index contributed by atoms with van der Waals surface area (Å²) in [4.78, 5) is 0. The van der Waals surface area contributed by atoms with Gasteiger partial charge in [0.1, 0.15) is 0 Å². The van der Waals surface area contributed by atoms with Crippen LogP contribution in [-0.2, 0) is 0 Å². The summed E-state index contributed by atoms with van der Waals surface area (Å²) in [5.41, 5.74) is 1.13. The summed E-state index contributed by atoms with van der Waals surface area (Å²) in [7, 11) is 0. The minimum Gasteiger partial charge on any atom is -0.389 e. The quantitative estimate of drug-likeness (QED) is 0.635. The van der Waals surface area contributed by atoms with Gasteiger partial charge in [-0.25, -0.2) is 0 Å². The summed E-state index contributed by atoms with van der Waals surface area (Å²) in [5, 5.41) is 11.4. The van der Waals surface area contributed by atoms with Gasteiger partial charge in [0.15, 0.2) is 0 Å². The molecule has 17 heavy (non-hydrogen) atoms. The van der Waals surface area contributed by atoms with Crippen LogP contribution < -0.4 is 0 Å². The fraction of sp³-hybridized carbons (Fsp3) is 0.875. The molecule has 6 atom stereocenters. The Labute approximate surface area is 105 Å². The first kappa shape index (κ1) is 11.8. The number of fused-ring (bicyclic) bond motifs is 3. The molecule has 3 fully saturated rings. The van der Waals surface area contributed by atoms with Crippen LogP contribution in [0.25, 0.3) is 0 Å². The number of hydrogen-bond acceptors (Lipinski definition) is 1. The lowest BCUT2D eigenvalue weighted by molar-refractivity contribution is -0.0837. The Balaban J connectivity index is 2.09. The van der Waals surface area contributed by atoms with Crippen molar-refractivity contribution in [2.75, 3.05) is 0 Å². The molecule has 96 valence electrons. The van der Waals surface area contributed by atoms with Crippen molar-refractivity contribution in [1.29, 1.82) is 0 Å². The van der Waals surface area contributed by atoms with Gasteiger partial charge in [-0.05, 0) is 48.3 Å². The third kappa shape index (κ3) is 1.19. The Bertz CT molecular complexity index is 370. The van der Waals surface area contributed by atoms with Crippen molar-refractivity contribution in [1.82, 2.24) is 0 Å². The average Bonchev–Trinajstić information content (AvgIpc) is 2.75. The summed E-state index contributed by atoms with van der Waals surface area (Å²) in [6, 6.07) is 0. The molecule has 0 spiro atoms. The van der Waals surface area contributed by atoms with E-state index in [1.165, 1.54) is 18.4 Å². The van der Waals surface area contributed by atoms with Crippen molar-refractivity contribution in [2.45, 2.75) is 52.6 Å². The maximum absolute atomic E-state index is 11.4. The fourth-order valence-corrected chi connectivity index (χ4v) is 5.65. The van der Waals surface area contributed by atoms with Crippen LogP contribution in [-0.4, -0.2) is 10.7 Å². The highest BCUT2D eigenvalue weighted by atomic mass is 16.3. The molecule has 3 saturated carbocycles. The predicted molar refractivity (Wildman–Crippen MR) is 70.5 cm³/mol. The summed E-state index contributed by atoms with van der Waals surface area (Å²) < 4.78 is 0. The first-order valence-corrected chi connectivity index (χ1v) is 7.20. The van der Waals surface area contributed by atoms with Gasteiger partial charge in [0.2, 0.25) is 0 Å². The molecule has 3 aliphatic carbocycles. The standard InChI is InChI=1S/C16H26O/c1-9-8-13-10(2)12-6-7-15(4,5)14(12)16(13,17)11(9)3/h10-14,17H,1,6-8H2,2-5H3/t10-,11-,12+,13-,14+,16+/m1/s1. The highest BCUT2D eigenvalue weighted by Gasteiger charge is 2.68. The van der Waals surface area contributed by atoms with Gasteiger partial charge in [0, 0.05) is 5.92 Å². The Morgan fingerprint density at radius 3 is 2.59 bits per heavy atom. The Hall–Kier alpha value is -0.300. The highest BCUT2D eigenvalue weighted by molar-refractivity contribution is 5.27. The van der Waals surface area contributed by atoms with Crippen LogP contribution >= 0.6 is 0 Å². The van der Waals surface area contributed by atoms with Crippen LogP contribution in [0.5, 0.6) is 0 Å². The van der Waals surface area contributed by atoms with Crippen LogP contribution in [0.15, 0.2) is 12.2 Å². The van der Waals surface area contributed by atoms with E-state index in [2.05, 4.69) is 34.3 Å². The number of hydrogen-bond donors (Lipinski definition) is 1. The van der Waals surface area contributed by atoms with Crippen LogP contribution in [0, 0.1) is 35.0 Å². The molecule has 0 radical (unpaired) electrons. The molecule has 0 aliphatic heterocycles. The SMILES string of the molecule is C=C1C[C@@H]2[C@H](C)[C@@H]3CCC(C)(C)[C@H]3[C@]2(O)[C@@H]1C. The molecule has 0 aromatic heterocycles. The molecule has 1 heteroatoms. The molecule has 0 saturated heterocycles. The molecular weight excluding hydrogens is 208 g/mol. The summed E-state index contributed by atoms with van der Waals surface area (Å²) in [6.45, 7) is 13.5. The normalized spacial score (nSPS) is 56.1. The zero-order valence-corrected chi connectivity index (χ0v) is 11.7. The van der Waals surface area contributed by atoms with E-state index in [1.807, 2.05) is 0 Å². The molecule has 0 heterocycles. The van der Waals surface area contributed by atoms with E-state index in [0.717, 1.165) is 12.3 Å². The van der Waals surface area contributed by atoms with Crippen molar-refractivity contribution in [3.05, 3.63) is 12.2 Å². The highest BCUT2D eigenvalue weighted by Crippen LogP contribution is 2.68. The molecule has 3 rings (SSSR count). The number of aliphatic hydroxyl groups is 1. The first-order chi connectivity index (χ1) is 7.80. The number of rotatable bonds is 0. The Morgan fingerprint density at radius 2 is 1.94 bits per heavy atom. The summed E-state index contributed by atoms with van der Waals surface area (Å²) in [6.07, 6.45) is 3.65. The van der Waals surface area contributed by atoms with E-state index >= 15 is 0 Å². The van der Waals surface area contributed by atoms with Crippen LogP contribution in [0.2, 0.25) is 0 Å². The summed E-state index contributed by atoms with van der Waals surface area (Å²) >= 11 is 0. The van der Waals surface area contributed by atoms with E-state index in [0.29, 0.717) is 29.1 Å². The van der Waals surface area contributed by atoms with Gasteiger partial charge in [-0.2, -0.15) is 0 Å². The second-order valence-electron chi connectivity index (χ2n) is 7.61. The Morgan fingerprint density at radius 1 is 1.29 bits per heavy atom. The van der Waals surface area contributed by atoms with E-state index < -0.39 is 5.60 Å². The lowest BCUT2D eigenvalue weighted by Crippen LogP contribution is -2.47. The molecular formula is C16H26O. The molecule has 3 aliphatic rings. The largest absolute Gasteiger partial charge is 0.389 e. The minimum atomic E-state index is -0.457. The fourth-order valence-electron chi connectivity index (χ4n) is 5.65. The zero-order valence-electron chi connectivity index (χ0n) is 11.7. The molecule has 0 aromatic rings. The van der Waals surface area contributed by atoms with Gasteiger partial charge < -0.3 is 5.11 Å².